The molecule has 9 nitrogen and oxygen atoms in total. The van der Waals surface area contributed by atoms with Crippen LogP contribution in [0, 0.1) is 0 Å². The summed E-state index contributed by atoms with van der Waals surface area (Å²) in [6.45, 7) is 1.87. The molecule has 2 rings (SSSR count). The molecule has 26 heavy (non-hydrogen) atoms. The Morgan fingerprint density at radius 1 is 1.15 bits per heavy atom. The van der Waals surface area contributed by atoms with Crippen molar-refractivity contribution in [2.45, 2.75) is 18.6 Å². The van der Waals surface area contributed by atoms with Gasteiger partial charge in [-0.05, 0) is 18.2 Å². The summed E-state index contributed by atoms with van der Waals surface area (Å²) in [6.07, 6.45) is 0.600. The van der Waals surface area contributed by atoms with Gasteiger partial charge in [0, 0.05) is 6.42 Å². The number of carbonyl (C=O) groups is 3. The maximum atomic E-state index is 12.2. The van der Waals surface area contributed by atoms with Crippen LogP contribution in [0.15, 0.2) is 27.8 Å². The number of amides is 1. The Hall–Kier alpha value is -2.88. The van der Waals surface area contributed by atoms with Crippen LogP contribution in [-0.2, 0) is 20.7 Å². The topological polar surface area (TPSA) is 121 Å². The van der Waals surface area contributed by atoms with Crippen molar-refractivity contribution in [3.05, 3.63) is 35.2 Å². The van der Waals surface area contributed by atoms with Crippen LogP contribution in [0.1, 0.15) is 33.5 Å². The number of benzene rings is 1. The third-order valence-electron chi connectivity index (χ3n) is 3.20. The van der Waals surface area contributed by atoms with Gasteiger partial charge < -0.3 is 19.2 Å². The Kier molecular flexibility index (Phi) is 6.73. The predicted octanol–water partition coefficient (Wildman–Crippen LogP) is 1.94. The van der Waals surface area contributed by atoms with Gasteiger partial charge in [-0.15, -0.1) is 10.2 Å². The second kappa shape index (κ2) is 8.99. The average Bonchev–Trinajstić information content (AvgIpc) is 3.13. The minimum atomic E-state index is -0.645. The number of ether oxygens (including phenoxy) is 2. The fraction of sp³-hybridized carbons (Fsp3) is 0.312. The van der Waals surface area contributed by atoms with Crippen LogP contribution in [0.5, 0.6) is 0 Å². The van der Waals surface area contributed by atoms with Crippen LogP contribution in [0.3, 0.4) is 0 Å². The standard InChI is InChI=1S/C16H17N3O6S/c1-4-13-18-19-16(25-13)26-8-12(20)17-11-7-9(14(21)23-2)5-6-10(11)15(22)24-3/h5-7H,4,8H2,1-3H3,(H,17,20). The molecule has 0 saturated carbocycles. The number of rotatable bonds is 7. The number of esters is 2. The molecule has 0 unspecified atom stereocenters. The molecule has 0 saturated heterocycles. The molecule has 1 heterocycles. The Bertz CT molecular complexity index is 820. The van der Waals surface area contributed by atoms with Crippen molar-refractivity contribution < 1.29 is 28.3 Å². The molecule has 0 radical (unpaired) electrons. The monoisotopic (exact) mass is 379 g/mol. The number of methoxy groups -OCH3 is 2. The van der Waals surface area contributed by atoms with Gasteiger partial charge in [-0.1, -0.05) is 18.7 Å². The molecule has 0 bridgehead atoms. The highest BCUT2D eigenvalue weighted by atomic mass is 32.2. The SMILES string of the molecule is CCc1nnc(SCC(=O)Nc2cc(C(=O)OC)ccc2C(=O)OC)o1. The zero-order valence-electron chi connectivity index (χ0n) is 14.4. The van der Waals surface area contributed by atoms with Crippen molar-refractivity contribution >= 4 is 35.3 Å². The van der Waals surface area contributed by atoms with Gasteiger partial charge in [0.05, 0.1) is 36.8 Å². The van der Waals surface area contributed by atoms with E-state index in [4.69, 9.17) is 4.42 Å². The van der Waals surface area contributed by atoms with Crippen LogP contribution < -0.4 is 5.32 Å². The number of aryl methyl sites for hydroxylation is 1. The first-order valence-corrected chi connectivity index (χ1v) is 8.52. The van der Waals surface area contributed by atoms with Crippen LogP contribution in [-0.4, -0.2) is 48.0 Å². The molecule has 0 aliphatic carbocycles. The van der Waals surface area contributed by atoms with E-state index in [9.17, 15) is 14.4 Å². The summed E-state index contributed by atoms with van der Waals surface area (Å²) in [7, 11) is 2.46. The van der Waals surface area contributed by atoms with Gasteiger partial charge >= 0.3 is 11.9 Å². The smallest absolute Gasteiger partial charge is 0.339 e. The highest BCUT2D eigenvalue weighted by Gasteiger charge is 2.18. The molecular weight excluding hydrogens is 362 g/mol. The molecule has 0 spiro atoms. The number of thioether (sulfide) groups is 1. The average molecular weight is 379 g/mol. The number of nitrogens with one attached hydrogen (secondary N) is 1. The van der Waals surface area contributed by atoms with E-state index in [0.717, 1.165) is 11.8 Å². The summed E-state index contributed by atoms with van der Waals surface area (Å²) in [6, 6.07) is 4.14. The van der Waals surface area contributed by atoms with Gasteiger partial charge in [-0.2, -0.15) is 0 Å². The first-order chi connectivity index (χ1) is 12.5. The van der Waals surface area contributed by atoms with Crippen LogP contribution in [0.25, 0.3) is 0 Å². The van der Waals surface area contributed by atoms with Gasteiger partial charge in [0.2, 0.25) is 11.8 Å². The van der Waals surface area contributed by atoms with Crippen LogP contribution in [0.2, 0.25) is 0 Å². The summed E-state index contributed by atoms with van der Waals surface area (Å²) >= 11 is 1.06. The van der Waals surface area contributed by atoms with Gasteiger partial charge in [0.1, 0.15) is 0 Å². The minimum Gasteiger partial charge on any atom is -0.465 e. The van der Waals surface area contributed by atoms with E-state index in [-0.39, 0.29) is 27.8 Å². The number of carbonyl (C=O) groups excluding carboxylic acids is 3. The zero-order chi connectivity index (χ0) is 19.1. The van der Waals surface area contributed by atoms with Crippen LogP contribution in [0.4, 0.5) is 5.69 Å². The van der Waals surface area contributed by atoms with E-state index in [2.05, 4.69) is 25.0 Å². The number of aromatic nitrogens is 2. The molecule has 1 aromatic carbocycles. The minimum absolute atomic E-state index is 0.0194. The van der Waals surface area contributed by atoms with Crippen molar-refractivity contribution in [2.24, 2.45) is 0 Å². The maximum Gasteiger partial charge on any atom is 0.339 e. The lowest BCUT2D eigenvalue weighted by Crippen LogP contribution is -2.18. The molecular formula is C16H17N3O6S. The van der Waals surface area contributed by atoms with Crippen LogP contribution >= 0.6 is 11.8 Å². The summed E-state index contributed by atoms with van der Waals surface area (Å²) in [5, 5.41) is 10.5. The fourth-order valence-electron chi connectivity index (χ4n) is 1.93. The van der Waals surface area contributed by atoms with Gasteiger partial charge in [-0.25, -0.2) is 9.59 Å². The lowest BCUT2D eigenvalue weighted by atomic mass is 10.1. The largest absolute Gasteiger partial charge is 0.465 e. The normalized spacial score (nSPS) is 10.3. The summed E-state index contributed by atoms with van der Waals surface area (Å²) in [4.78, 5) is 35.7. The molecule has 1 aromatic heterocycles. The van der Waals surface area contributed by atoms with Crippen molar-refractivity contribution in [1.82, 2.24) is 10.2 Å². The molecule has 0 aliphatic rings. The quantitative estimate of drug-likeness (QED) is 0.568. The third-order valence-corrected chi connectivity index (χ3v) is 4.02. The highest BCUT2D eigenvalue weighted by Crippen LogP contribution is 2.21. The van der Waals surface area contributed by atoms with Gasteiger partial charge in [-0.3, -0.25) is 4.79 Å². The Morgan fingerprint density at radius 2 is 1.88 bits per heavy atom. The summed E-state index contributed by atoms with van der Waals surface area (Å²) in [5.74, 6) is -1.20. The predicted molar refractivity (Wildman–Crippen MR) is 92.2 cm³/mol. The molecule has 0 atom stereocenters. The van der Waals surface area contributed by atoms with Crippen molar-refractivity contribution in [1.29, 1.82) is 0 Å². The highest BCUT2D eigenvalue weighted by molar-refractivity contribution is 7.99. The van der Waals surface area contributed by atoms with Gasteiger partial charge in [0.15, 0.2) is 0 Å². The van der Waals surface area contributed by atoms with Crippen molar-refractivity contribution in [3.63, 3.8) is 0 Å². The Morgan fingerprint density at radius 3 is 2.50 bits per heavy atom. The van der Waals surface area contributed by atoms with E-state index in [1.54, 1.807) is 0 Å². The van der Waals surface area contributed by atoms with E-state index in [1.807, 2.05) is 6.92 Å². The molecule has 2 aromatic rings. The number of anilines is 1. The first-order valence-electron chi connectivity index (χ1n) is 7.54. The fourth-order valence-corrected chi connectivity index (χ4v) is 2.51. The van der Waals surface area contributed by atoms with E-state index in [1.165, 1.54) is 32.4 Å². The van der Waals surface area contributed by atoms with Crippen molar-refractivity contribution in [2.75, 3.05) is 25.3 Å². The first kappa shape index (κ1) is 19.4. The molecule has 0 fully saturated rings. The molecule has 10 heteroatoms. The second-order valence-electron chi connectivity index (χ2n) is 4.90. The maximum absolute atomic E-state index is 12.2. The summed E-state index contributed by atoms with van der Waals surface area (Å²) < 4.78 is 14.6. The lowest BCUT2D eigenvalue weighted by molar-refractivity contribution is -0.113. The second-order valence-corrected chi connectivity index (χ2v) is 5.82. The van der Waals surface area contributed by atoms with E-state index >= 15 is 0 Å². The van der Waals surface area contributed by atoms with E-state index in [0.29, 0.717) is 12.3 Å². The molecule has 1 N–H and O–H groups in total. The number of hydrogen-bond acceptors (Lipinski definition) is 9. The van der Waals surface area contributed by atoms with Crippen molar-refractivity contribution in [3.8, 4) is 0 Å². The van der Waals surface area contributed by atoms with Gasteiger partial charge in [0.25, 0.3) is 5.22 Å². The Labute approximate surface area is 153 Å². The molecule has 1 amide bonds. The number of nitrogens with zero attached hydrogens (tertiary/aromatic N) is 2. The third kappa shape index (κ3) is 4.82. The molecule has 138 valence electrons. The Balaban J connectivity index is 2.12. The number of hydrogen-bond donors (Lipinski definition) is 1. The summed E-state index contributed by atoms with van der Waals surface area (Å²) in [5.41, 5.74) is 0.447. The zero-order valence-corrected chi connectivity index (χ0v) is 15.2. The van der Waals surface area contributed by atoms with E-state index < -0.39 is 17.8 Å². The molecule has 0 aliphatic heterocycles. The lowest BCUT2D eigenvalue weighted by Gasteiger charge is -2.11.